The molecular formula is C24H27ClN4O3S. The Morgan fingerprint density at radius 1 is 1.06 bits per heavy atom. The van der Waals surface area contributed by atoms with Crippen LogP contribution in [0.15, 0.2) is 54.6 Å². The highest BCUT2D eigenvalue weighted by Crippen LogP contribution is 2.23. The quantitative estimate of drug-likeness (QED) is 0.387. The topological polar surface area (TPSA) is 81.8 Å². The lowest BCUT2D eigenvalue weighted by Gasteiger charge is -2.24. The van der Waals surface area contributed by atoms with Gasteiger partial charge < -0.3 is 5.32 Å². The van der Waals surface area contributed by atoms with E-state index in [0.29, 0.717) is 17.1 Å². The van der Waals surface area contributed by atoms with Gasteiger partial charge in [0.1, 0.15) is 6.04 Å². The molecule has 0 radical (unpaired) electrons. The molecule has 3 amide bonds. The lowest BCUT2D eigenvalue weighted by Crippen LogP contribution is -2.49. The zero-order valence-electron chi connectivity index (χ0n) is 18.4. The number of hydrogen-bond donors (Lipinski definition) is 2. The largest absolute Gasteiger partial charge is 0.326 e. The van der Waals surface area contributed by atoms with E-state index >= 15 is 0 Å². The summed E-state index contributed by atoms with van der Waals surface area (Å²) >= 11 is 11.5. The maximum absolute atomic E-state index is 13.3. The van der Waals surface area contributed by atoms with Gasteiger partial charge in [-0.1, -0.05) is 67.8 Å². The van der Waals surface area contributed by atoms with Crippen molar-refractivity contribution < 1.29 is 14.4 Å². The molecule has 0 spiro atoms. The van der Waals surface area contributed by atoms with E-state index in [1.54, 1.807) is 24.3 Å². The van der Waals surface area contributed by atoms with E-state index in [2.05, 4.69) is 17.7 Å². The number of thiocarbonyl (C=S) groups is 1. The lowest BCUT2D eigenvalue weighted by molar-refractivity contribution is -0.133. The Labute approximate surface area is 204 Å². The zero-order chi connectivity index (χ0) is 23.8. The second-order valence-electron chi connectivity index (χ2n) is 7.83. The van der Waals surface area contributed by atoms with Crippen LogP contribution in [0.25, 0.3) is 0 Å². The molecule has 2 N–H and O–H groups in total. The molecule has 2 aromatic carbocycles. The van der Waals surface area contributed by atoms with Crippen LogP contribution in [0.3, 0.4) is 0 Å². The number of carbonyl (C=O) groups is 3. The zero-order valence-corrected chi connectivity index (χ0v) is 20.0. The Morgan fingerprint density at radius 2 is 1.82 bits per heavy atom. The third-order valence-electron chi connectivity index (χ3n) is 5.22. The minimum Gasteiger partial charge on any atom is -0.326 e. The van der Waals surface area contributed by atoms with Crippen molar-refractivity contribution in [3.63, 3.8) is 0 Å². The molecule has 1 unspecified atom stereocenters. The van der Waals surface area contributed by atoms with Gasteiger partial charge in [-0.15, -0.1) is 0 Å². The van der Waals surface area contributed by atoms with Crippen LogP contribution in [0.4, 0.5) is 5.69 Å². The minimum atomic E-state index is -0.935. The minimum absolute atomic E-state index is 0.174. The molecule has 1 saturated heterocycles. The van der Waals surface area contributed by atoms with Gasteiger partial charge in [-0.2, -0.15) is 0 Å². The number of hydrazine groups is 1. The molecule has 174 valence electrons. The summed E-state index contributed by atoms with van der Waals surface area (Å²) in [5.74, 6) is -0.954. The molecule has 1 aliphatic heterocycles. The molecular weight excluding hydrogens is 460 g/mol. The van der Waals surface area contributed by atoms with Crippen molar-refractivity contribution in [2.75, 3.05) is 5.32 Å². The maximum atomic E-state index is 13.3. The van der Waals surface area contributed by atoms with Crippen LogP contribution in [0.5, 0.6) is 0 Å². The Balaban J connectivity index is 1.75. The summed E-state index contributed by atoms with van der Waals surface area (Å²) in [4.78, 5) is 39.9. The number of amides is 3. The summed E-state index contributed by atoms with van der Waals surface area (Å²) in [6.45, 7) is 2.31. The predicted molar refractivity (Wildman–Crippen MR) is 132 cm³/mol. The first-order chi connectivity index (χ1) is 15.9. The number of unbranched alkanes of at least 4 members (excludes halogenated alkanes) is 2. The molecule has 7 nitrogen and oxygen atoms in total. The van der Waals surface area contributed by atoms with Crippen molar-refractivity contribution in [1.82, 2.24) is 15.3 Å². The summed E-state index contributed by atoms with van der Waals surface area (Å²) in [7, 11) is 0. The van der Waals surface area contributed by atoms with Gasteiger partial charge in [0.15, 0.2) is 5.11 Å². The number of hydrogen-bond acceptors (Lipinski definition) is 4. The Morgan fingerprint density at radius 3 is 2.52 bits per heavy atom. The fourth-order valence-electron chi connectivity index (χ4n) is 3.54. The van der Waals surface area contributed by atoms with Crippen molar-refractivity contribution in [2.45, 2.75) is 51.6 Å². The number of nitrogens with one attached hydrogen (secondary N) is 2. The number of halogens is 1. The van der Waals surface area contributed by atoms with E-state index in [-0.39, 0.29) is 35.8 Å². The lowest BCUT2D eigenvalue weighted by atomic mass is 10.1. The molecule has 0 aromatic heterocycles. The highest BCUT2D eigenvalue weighted by Gasteiger charge is 2.44. The van der Waals surface area contributed by atoms with Gasteiger partial charge >= 0.3 is 0 Å². The van der Waals surface area contributed by atoms with E-state index in [0.717, 1.165) is 24.8 Å². The highest BCUT2D eigenvalue weighted by molar-refractivity contribution is 7.80. The molecule has 2 aromatic rings. The average molecular weight is 487 g/mol. The molecule has 9 heteroatoms. The Kier molecular flexibility index (Phi) is 8.79. The molecule has 1 fully saturated rings. The fourth-order valence-corrected chi connectivity index (χ4v) is 4.06. The highest BCUT2D eigenvalue weighted by atomic mass is 35.5. The summed E-state index contributed by atoms with van der Waals surface area (Å²) in [5, 5.41) is 4.76. The Hall–Kier alpha value is -2.97. The van der Waals surface area contributed by atoms with Gasteiger partial charge in [0.25, 0.3) is 5.91 Å². The molecule has 0 aliphatic carbocycles. The van der Waals surface area contributed by atoms with Crippen LogP contribution in [-0.2, 0) is 20.9 Å². The van der Waals surface area contributed by atoms with Crippen molar-refractivity contribution in [3.8, 4) is 0 Å². The second-order valence-corrected chi connectivity index (χ2v) is 8.63. The van der Waals surface area contributed by atoms with Crippen LogP contribution in [0.1, 0.15) is 44.6 Å². The number of rotatable bonds is 10. The van der Waals surface area contributed by atoms with E-state index in [1.165, 1.54) is 9.91 Å². The summed E-state index contributed by atoms with van der Waals surface area (Å²) in [6, 6.07) is 15.2. The van der Waals surface area contributed by atoms with Gasteiger partial charge in [0.2, 0.25) is 11.8 Å². The van der Waals surface area contributed by atoms with E-state index in [1.807, 2.05) is 30.3 Å². The third kappa shape index (κ3) is 6.76. The monoisotopic (exact) mass is 486 g/mol. The SMILES string of the molecule is CCCCCC(=O)NN1C(=S)N(Cc2ccccc2)C(=O)C1CC(=O)Nc1cccc(Cl)c1. The van der Waals surface area contributed by atoms with Crippen LogP contribution in [0.2, 0.25) is 5.02 Å². The van der Waals surface area contributed by atoms with Crippen molar-refractivity contribution in [3.05, 3.63) is 65.2 Å². The molecule has 0 saturated carbocycles. The number of carbonyl (C=O) groups excluding carboxylic acids is 3. The van der Waals surface area contributed by atoms with Crippen molar-refractivity contribution in [1.29, 1.82) is 0 Å². The number of nitrogens with zero attached hydrogens (tertiary/aromatic N) is 2. The number of anilines is 1. The van der Waals surface area contributed by atoms with Crippen LogP contribution in [-0.4, -0.2) is 38.8 Å². The first-order valence-corrected chi connectivity index (χ1v) is 11.7. The van der Waals surface area contributed by atoms with Crippen LogP contribution < -0.4 is 10.7 Å². The molecule has 33 heavy (non-hydrogen) atoms. The van der Waals surface area contributed by atoms with E-state index in [4.69, 9.17) is 23.8 Å². The molecule has 0 bridgehead atoms. The first kappa shape index (κ1) is 24.7. The van der Waals surface area contributed by atoms with Gasteiger partial charge in [0.05, 0.1) is 13.0 Å². The van der Waals surface area contributed by atoms with Crippen LogP contribution >= 0.6 is 23.8 Å². The smallest absolute Gasteiger partial charge is 0.254 e. The van der Waals surface area contributed by atoms with E-state index in [9.17, 15) is 14.4 Å². The van der Waals surface area contributed by atoms with Gasteiger partial charge in [-0.05, 0) is 42.4 Å². The molecule has 3 rings (SSSR count). The van der Waals surface area contributed by atoms with E-state index < -0.39 is 6.04 Å². The fraction of sp³-hybridized carbons (Fsp3) is 0.333. The average Bonchev–Trinajstić information content (AvgIpc) is 2.99. The Bertz CT molecular complexity index is 1020. The maximum Gasteiger partial charge on any atom is 0.254 e. The predicted octanol–water partition coefficient (Wildman–Crippen LogP) is 4.28. The standard InChI is InChI=1S/C24H27ClN4O3S/c1-2-3-5-13-21(30)27-29-20(15-22(31)26-19-12-8-11-18(25)14-19)23(32)28(24(29)33)16-17-9-6-4-7-10-17/h4,6-12,14,20H,2-3,5,13,15-16H2,1H3,(H,26,31)(H,27,30). The van der Waals surface area contributed by atoms with Gasteiger partial charge in [-0.3, -0.25) is 24.7 Å². The molecule has 1 heterocycles. The van der Waals surface area contributed by atoms with Crippen molar-refractivity contribution >= 4 is 52.3 Å². The second kappa shape index (κ2) is 11.8. The first-order valence-electron chi connectivity index (χ1n) is 10.9. The molecule has 1 aliphatic rings. The van der Waals surface area contributed by atoms with Gasteiger partial charge in [-0.25, -0.2) is 5.01 Å². The van der Waals surface area contributed by atoms with Crippen molar-refractivity contribution in [2.24, 2.45) is 0 Å². The number of benzene rings is 2. The normalized spacial score (nSPS) is 15.6. The summed E-state index contributed by atoms with van der Waals surface area (Å²) in [5.41, 5.74) is 4.17. The summed E-state index contributed by atoms with van der Waals surface area (Å²) in [6.07, 6.45) is 2.81. The third-order valence-corrected chi connectivity index (χ3v) is 5.88. The van der Waals surface area contributed by atoms with Crippen LogP contribution in [0, 0.1) is 0 Å². The summed E-state index contributed by atoms with van der Waals surface area (Å²) < 4.78 is 0. The molecule has 1 atom stereocenters. The van der Waals surface area contributed by atoms with Gasteiger partial charge in [0, 0.05) is 17.1 Å².